The van der Waals surface area contributed by atoms with Gasteiger partial charge in [0.15, 0.2) is 0 Å². The lowest BCUT2D eigenvalue weighted by atomic mass is 10.2. The minimum absolute atomic E-state index is 0.299. The van der Waals surface area contributed by atoms with Gasteiger partial charge in [0.05, 0.1) is 11.9 Å². The summed E-state index contributed by atoms with van der Waals surface area (Å²) in [7, 11) is 0. The van der Waals surface area contributed by atoms with Crippen molar-refractivity contribution in [3.63, 3.8) is 0 Å². The molecule has 2 heterocycles. The molecule has 0 aliphatic heterocycles. The van der Waals surface area contributed by atoms with Crippen LogP contribution in [0.5, 0.6) is 0 Å². The summed E-state index contributed by atoms with van der Waals surface area (Å²) in [5, 5.41) is 5.06. The maximum atomic E-state index is 12.9. The quantitative estimate of drug-likeness (QED) is 0.804. The highest BCUT2D eigenvalue weighted by Gasteiger charge is 2.12. The molecule has 104 valence electrons. The summed E-state index contributed by atoms with van der Waals surface area (Å²) in [4.78, 5) is 20.3. The zero-order chi connectivity index (χ0) is 14.7. The lowest BCUT2D eigenvalue weighted by Crippen LogP contribution is -2.12. The number of nitrogens with zero attached hydrogens (tertiary/aromatic N) is 2. The predicted molar refractivity (Wildman–Crippen MR) is 79.7 cm³/mol. The summed E-state index contributed by atoms with van der Waals surface area (Å²) in [5.74, 6) is -0.600. The number of pyridine rings is 1. The molecule has 0 saturated heterocycles. The zero-order valence-corrected chi connectivity index (χ0v) is 11.6. The van der Waals surface area contributed by atoms with Crippen LogP contribution < -0.4 is 5.32 Å². The summed E-state index contributed by atoms with van der Waals surface area (Å²) in [6.45, 7) is 0. The van der Waals surface area contributed by atoms with E-state index in [0.29, 0.717) is 16.4 Å². The van der Waals surface area contributed by atoms with Gasteiger partial charge in [-0.05, 0) is 36.4 Å². The molecular formula is C15H10FN3OS. The molecule has 0 spiro atoms. The van der Waals surface area contributed by atoms with Gasteiger partial charge in [-0.3, -0.25) is 9.78 Å². The SMILES string of the molecule is O=C(Nc1cccnc1)c1csc(-c2ccc(F)cc2)n1. The van der Waals surface area contributed by atoms with E-state index in [2.05, 4.69) is 15.3 Å². The molecule has 0 unspecified atom stereocenters. The molecule has 0 atom stereocenters. The van der Waals surface area contributed by atoms with Gasteiger partial charge in [-0.1, -0.05) is 0 Å². The van der Waals surface area contributed by atoms with Gasteiger partial charge >= 0.3 is 0 Å². The number of rotatable bonds is 3. The van der Waals surface area contributed by atoms with Gasteiger partial charge in [0.1, 0.15) is 16.5 Å². The van der Waals surface area contributed by atoms with Gasteiger partial charge in [0, 0.05) is 17.1 Å². The Morgan fingerprint density at radius 3 is 2.71 bits per heavy atom. The third kappa shape index (κ3) is 3.11. The van der Waals surface area contributed by atoms with Crippen molar-refractivity contribution in [2.75, 3.05) is 5.32 Å². The Kier molecular flexibility index (Phi) is 3.70. The Labute approximate surface area is 124 Å². The molecule has 3 aromatic rings. The molecule has 1 amide bonds. The summed E-state index contributed by atoms with van der Waals surface area (Å²) in [6.07, 6.45) is 3.19. The average Bonchev–Trinajstić information content (AvgIpc) is 2.99. The molecule has 21 heavy (non-hydrogen) atoms. The van der Waals surface area contributed by atoms with E-state index >= 15 is 0 Å². The van der Waals surface area contributed by atoms with Gasteiger partial charge in [-0.15, -0.1) is 11.3 Å². The van der Waals surface area contributed by atoms with Crippen LogP contribution in [0, 0.1) is 5.82 Å². The van der Waals surface area contributed by atoms with E-state index in [9.17, 15) is 9.18 Å². The molecule has 4 nitrogen and oxygen atoms in total. The fraction of sp³-hybridized carbons (Fsp3) is 0. The molecule has 3 rings (SSSR count). The van der Waals surface area contributed by atoms with Crippen LogP contribution in [0.15, 0.2) is 54.2 Å². The first-order chi connectivity index (χ1) is 10.2. The van der Waals surface area contributed by atoms with E-state index in [-0.39, 0.29) is 11.7 Å². The van der Waals surface area contributed by atoms with Crippen molar-refractivity contribution >= 4 is 22.9 Å². The Bertz CT molecular complexity index is 756. The van der Waals surface area contributed by atoms with E-state index in [0.717, 1.165) is 5.56 Å². The van der Waals surface area contributed by atoms with E-state index < -0.39 is 0 Å². The number of amides is 1. The van der Waals surface area contributed by atoms with E-state index in [1.165, 1.54) is 23.5 Å². The summed E-state index contributed by atoms with van der Waals surface area (Å²) < 4.78 is 12.9. The first kappa shape index (κ1) is 13.4. The topological polar surface area (TPSA) is 54.9 Å². The van der Waals surface area contributed by atoms with Crippen molar-refractivity contribution in [1.82, 2.24) is 9.97 Å². The molecule has 1 N–H and O–H groups in total. The number of anilines is 1. The monoisotopic (exact) mass is 299 g/mol. The standard InChI is InChI=1S/C15H10FN3OS/c16-11-5-3-10(4-6-11)15-19-13(9-21-15)14(20)18-12-2-1-7-17-8-12/h1-9H,(H,18,20). The van der Waals surface area contributed by atoms with Gasteiger partial charge in [-0.2, -0.15) is 0 Å². The lowest BCUT2D eigenvalue weighted by Gasteiger charge is -2.01. The highest BCUT2D eigenvalue weighted by atomic mass is 32.1. The summed E-state index contributed by atoms with van der Waals surface area (Å²) in [6, 6.07) is 9.49. The number of hydrogen-bond acceptors (Lipinski definition) is 4. The van der Waals surface area contributed by atoms with Crippen LogP contribution in [0.1, 0.15) is 10.5 Å². The van der Waals surface area contributed by atoms with Crippen molar-refractivity contribution in [1.29, 1.82) is 0 Å². The molecule has 0 radical (unpaired) electrons. The Morgan fingerprint density at radius 2 is 2.00 bits per heavy atom. The smallest absolute Gasteiger partial charge is 0.275 e. The highest BCUT2D eigenvalue weighted by molar-refractivity contribution is 7.13. The Hall–Kier alpha value is -2.60. The lowest BCUT2D eigenvalue weighted by molar-refractivity contribution is 0.102. The molecule has 0 aliphatic rings. The second-order valence-electron chi connectivity index (χ2n) is 4.24. The summed E-state index contributed by atoms with van der Waals surface area (Å²) >= 11 is 1.34. The molecule has 0 saturated carbocycles. The van der Waals surface area contributed by atoms with Gasteiger partial charge in [0.25, 0.3) is 5.91 Å². The number of aromatic nitrogens is 2. The van der Waals surface area contributed by atoms with Crippen LogP contribution in [0.3, 0.4) is 0 Å². The molecule has 1 aromatic carbocycles. The number of hydrogen-bond donors (Lipinski definition) is 1. The van der Waals surface area contributed by atoms with Crippen LogP contribution in [-0.2, 0) is 0 Å². The van der Waals surface area contributed by atoms with E-state index in [4.69, 9.17) is 0 Å². The number of nitrogens with one attached hydrogen (secondary N) is 1. The van der Waals surface area contributed by atoms with Crippen LogP contribution in [0.4, 0.5) is 10.1 Å². The van der Waals surface area contributed by atoms with Crippen LogP contribution >= 0.6 is 11.3 Å². The summed E-state index contributed by atoms with van der Waals surface area (Å²) in [5.41, 5.74) is 1.71. The number of carbonyl (C=O) groups is 1. The van der Waals surface area contributed by atoms with Gasteiger partial charge in [-0.25, -0.2) is 9.37 Å². The van der Waals surface area contributed by atoms with Crippen LogP contribution in [0.2, 0.25) is 0 Å². The number of benzene rings is 1. The van der Waals surface area contributed by atoms with E-state index in [1.807, 2.05) is 0 Å². The number of halogens is 1. The number of carbonyl (C=O) groups excluding carboxylic acids is 1. The highest BCUT2D eigenvalue weighted by Crippen LogP contribution is 2.24. The zero-order valence-electron chi connectivity index (χ0n) is 10.8. The minimum Gasteiger partial charge on any atom is -0.319 e. The fourth-order valence-corrected chi connectivity index (χ4v) is 2.54. The molecular weight excluding hydrogens is 289 g/mol. The van der Waals surface area contributed by atoms with Crippen molar-refractivity contribution in [3.05, 3.63) is 65.7 Å². The largest absolute Gasteiger partial charge is 0.319 e. The normalized spacial score (nSPS) is 10.3. The van der Waals surface area contributed by atoms with Crippen molar-refractivity contribution in [2.45, 2.75) is 0 Å². The Balaban J connectivity index is 1.78. The molecule has 0 aliphatic carbocycles. The molecule has 0 fully saturated rings. The second-order valence-corrected chi connectivity index (χ2v) is 5.10. The third-order valence-corrected chi connectivity index (χ3v) is 3.64. The first-order valence-corrected chi connectivity index (χ1v) is 7.03. The average molecular weight is 299 g/mol. The minimum atomic E-state index is -0.301. The Morgan fingerprint density at radius 1 is 1.19 bits per heavy atom. The maximum Gasteiger partial charge on any atom is 0.275 e. The van der Waals surface area contributed by atoms with Crippen molar-refractivity contribution in [2.24, 2.45) is 0 Å². The van der Waals surface area contributed by atoms with Crippen molar-refractivity contribution in [3.8, 4) is 10.6 Å². The van der Waals surface area contributed by atoms with E-state index in [1.54, 1.807) is 42.0 Å². The van der Waals surface area contributed by atoms with Gasteiger partial charge in [0.2, 0.25) is 0 Å². The first-order valence-electron chi connectivity index (χ1n) is 6.15. The van der Waals surface area contributed by atoms with Crippen LogP contribution in [0.25, 0.3) is 10.6 Å². The number of thiazole rings is 1. The molecule has 6 heteroatoms. The second kappa shape index (κ2) is 5.80. The fourth-order valence-electron chi connectivity index (χ4n) is 1.73. The molecule has 2 aromatic heterocycles. The maximum absolute atomic E-state index is 12.9. The van der Waals surface area contributed by atoms with Crippen molar-refractivity contribution < 1.29 is 9.18 Å². The van der Waals surface area contributed by atoms with Crippen LogP contribution in [-0.4, -0.2) is 15.9 Å². The third-order valence-electron chi connectivity index (χ3n) is 2.75. The van der Waals surface area contributed by atoms with Gasteiger partial charge < -0.3 is 5.32 Å². The molecule has 0 bridgehead atoms. The predicted octanol–water partition coefficient (Wildman–Crippen LogP) is 3.60.